The van der Waals surface area contributed by atoms with Gasteiger partial charge in [-0.2, -0.15) is 5.10 Å². The maximum atomic E-state index is 13.4. The second kappa shape index (κ2) is 14.0. The van der Waals surface area contributed by atoms with Gasteiger partial charge in [0, 0.05) is 15.7 Å². The molecule has 0 spiro atoms. The zero-order valence-electron chi connectivity index (χ0n) is 22.3. The smallest absolute Gasteiger partial charge is 0.264 e. The second-order valence-electron chi connectivity index (χ2n) is 8.97. The van der Waals surface area contributed by atoms with E-state index in [9.17, 15) is 18.0 Å². The fourth-order valence-corrected chi connectivity index (χ4v) is 5.48. The van der Waals surface area contributed by atoms with Gasteiger partial charge in [0.1, 0.15) is 12.3 Å². The molecular weight excluding hydrogens is 599 g/mol. The number of hydrogen-bond acceptors (Lipinski definition) is 6. The third-order valence-corrected chi connectivity index (χ3v) is 8.25. The number of nitrogens with one attached hydrogen (secondary N) is 2. The Hall–Kier alpha value is -4.38. The Balaban J connectivity index is 1.35. The molecule has 0 aliphatic carbocycles. The summed E-state index contributed by atoms with van der Waals surface area (Å²) in [6.45, 7) is 1.06. The van der Waals surface area contributed by atoms with Gasteiger partial charge in [-0.1, -0.05) is 53.5 Å². The number of amides is 2. The van der Waals surface area contributed by atoms with Crippen molar-refractivity contribution in [3.8, 4) is 5.75 Å². The van der Waals surface area contributed by atoms with E-state index in [0.29, 0.717) is 27.0 Å². The topological polar surface area (TPSA) is 117 Å². The highest BCUT2D eigenvalue weighted by atomic mass is 35.5. The first-order valence-corrected chi connectivity index (χ1v) is 14.8. The molecule has 0 saturated carbocycles. The zero-order chi connectivity index (χ0) is 30.1. The van der Waals surface area contributed by atoms with Crippen LogP contribution in [0.3, 0.4) is 0 Å². The summed E-state index contributed by atoms with van der Waals surface area (Å²) >= 11 is 12.2. The number of rotatable bonds is 11. The quantitative estimate of drug-likeness (QED) is 0.165. The van der Waals surface area contributed by atoms with E-state index in [-0.39, 0.29) is 23.1 Å². The van der Waals surface area contributed by atoms with Crippen molar-refractivity contribution in [1.82, 2.24) is 5.43 Å². The molecule has 4 aromatic carbocycles. The minimum Gasteiger partial charge on any atom is -0.484 e. The maximum absolute atomic E-state index is 13.4. The van der Waals surface area contributed by atoms with Crippen molar-refractivity contribution in [3.63, 3.8) is 0 Å². The van der Waals surface area contributed by atoms with Gasteiger partial charge in [-0.15, -0.1) is 0 Å². The third-order valence-electron chi connectivity index (χ3n) is 5.82. The van der Waals surface area contributed by atoms with Crippen LogP contribution in [0.25, 0.3) is 0 Å². The van der Waals surface area contributed by atoms with Gasteiger partial charge < -0.3 is 10.1 Å². The van der Waals surface area contributed by atoms with Crippen LogP contribution in [0.5, 0.6) is 5.75 Å². The van der Waals surface area contributed by atoms with Gasteiger partial charge in [0.25, 0.3) is 21.8 Å². The number of sulfonamides is 1. The van der Waals surface area contributed by atoms with E-state index < -0.39 is 22.5 Å². The Morgan fingerprint density at radius 1 is 0.905 bits per heavy atom. The first-order valence-electron chi connectivity index (χ1n) is 12.6. The van der Waals surface area contributed by atoms with Crippen molar-refractivity contribution >= 4 is 62.6 Å². The molecule has 0 atom stereocenters. The number of carbonyl (C=O) groups is 2. The van der Waals surface area contributed by atoms with Gasteiger partial charge in [-0.25, -0.2) is 13.8 Å². The van der Waals surface area contributed by atoms with E-state index >= 15 is 0 Å². The molecule has 0 heterocycles. The number of benzene rings is 4. The molecule has 2 N–H and O–H groups in total. The highest BCUT2D eigenvalue weighted by Crippen LogP contribution is 2.28. The molecule has 0 aliphatic heterocycles. The van der Waals surface area contributed by atoms with E-state index in [2.05, 4.69) is 15.8 Å². The summed E-state index contributed by atoms with van der Waals surface area (Å²) in [6, 6.07) is 26.0. The average Bonchev–Trinajstić information content (AvgIpc) is 2.97. The van der Waals surface area contributed by atoms with E-state index in [0.717, 1.165) is 9.87 Å². The molecule has 4 aromatic rings. The number of hydrazone groups is 1. The van der Waals surface area contributed by atoms with Gasteiger partial charge in [0.05, 0.1) is 16.8 Å². The van der Waals surface area contributed by atoms with Crippen molar-refractivity contribution in [2.24, 2.45) is 5.10 Å². The van der Waals surface area contributed by atoms with Crippen molar-refractivity contribution in [3.05, 3.63) is 118 Å². The minimum absolute atomic E-state index is 0.0299. The number of nitrogens with zero attached hydrogens (tertiary/aromatic N) is 2. The summed E-state index contributed by atoms with van der Waals surface area (Å²) < 4.78 is 33.3. The molecular formula is C30H26Cl2N4O5S. The fraction of sp³-hybridized carbons (Fsp3) is 0.100. The molecule has 0 aliphatic rings. The van der Waals surface area contributed by atoms with Crippen LogP contribution in [0.1, 0.15) is 11.1 Å². The summed E-state index contributed by atoms with van der Waals surface area (Å²) in [5.41, 5.74) is 4.56. The monoisotopic (exact) mass is 624 g/mol. The highest BCUT2D eigenvalue weighted by molar-refractivity contribution is 7.92. The summed E-state index contributed by atoms with van der Waals surface area (Å²) in [4.78, 5) is 24.9. The fourth-order valence-electron chi connectivity index (χ4n) is 3.68. The number of hydrogen-bond donors (Lipinski definition) is 2. The van der Waals surface area contributed by atoms with Crippen LogP contribution in [0.2, 0.25) is 10.0 Å². The molecule has 42 heavy (non-hydrogen) atoms. The molecule has 0 saturated heterocycles. The van der Waals surface area contributed by atoms with E-state index in [1.807, 2.05) is 0 Å². The van der Waals surface area contributed by atoms with Gasteiger partial charge in [0.2, 0.25) is 0 Å². The highest BCUT2D eigenvalue weighted by Gasteiger charge is 2.27. The lowest BCUT2D eigenvalue weighted by Gasteiger charge is -2.24. The Morgan fingerprint density at radius 3 is 2.33 bits per heavy atom. The van der Waals surface area contributed by atoms with Crippen LogP contribution >= 0.6 is 23.2 Å². The number of anilines is 2. The van der Waals surface area contributed by atoms with Gasteiger partial charge in [-0.3, -0.25) is 13.9 Å². The number of aryl methyl sites for hydroxylation is 1. The first kappa shape index (κ1) is 30.6. The predicted molar refractivity (Wildman–Crippen MR) is 165 cm³/mol. The lowest BCUT2D eigenvalue weighted by Crippen LogP contribution is -2.39. The van der Waals surface area contributed by atoms with Crippen molar-refractivity contribution in [2.75, 3.05) is 22.8 Å². The molecule has 216 valence electrons. The number of carbonyl (C=O) groups excluding carboxylic acids is 2. The first-order chi connectivity index (χ1) is 20.1. The van der Waals surface area contributed by atoms with Crippen LogP contribution in [-0.4, -0.2) is 39.6 Å². The van der Waals surface area contributed by atoms with Crippen molar-refractivity contribution in [1.29, 1.82) is 0 Å². The molecule has 0 fully saturated rings. The van der Waals surface area contributed by atoms with E-state index in [4.69, 9.17) is 27.9 Å². The normalized spacial score (nSPS) is 11.2. The minimum atomic E-state index is -4.08. The standard InChI is InChI=1S/C30H26Cl2N4O5S/c1-21-10-13-25(17-28(21)32)36(42(39,40)27-8-3-2-4-9-27)19-29(37)35-33-18-22-11-14-26(15-12-22)41-20-30(38)34-24-7-5-6-23(31)16-24/h2-18H,19-20H2,1H3,(H,34,38)(H,35,37)/b33-18-. The Kier molecular flexibility index (Phi) is 10.2. The maximum Gasteiger partial charge on any atom is 0.264 e. The average molecular weight is 626 g/mol. The van der Waals surface area contributed by atoms with Crippen LogP contribution < -0.4 is 19.8 Å². The van der Waals surface area contributed by atoms with E-state index in [1.165, 1.54) is 24.4 Å². The van der Waals surface area contributed by atoms with E-state index in [1.54, 1.807) is 85.8 Å². The lowest BCUT2D eigenvalue weighted by atomic mass is 10.2. The molecule has 0 aromatic heterocycles. The molecule has 2 amide bonds. The molecule has 0 bridgehead atoms. The predicted octanol–water partition coefficient (Wildman–Crippen LogP) is 5.66. The van der Waals surface area contributed by atoms with Crippen molar-refractivity contribution in [2.45, 2.75) is 11.8 Å². The van der Waals surface area contributed by atoms with Crippen molar-refractivity contribution < 1.29 is 22.7 Å². The zero-order valence-corrected chi connectivity index (χ0v) is 24.7. The van der Waals surface area contributed by atoms with Crippen LogP contribution in [0.4, 0.5) is 11.4 Å². The van der Waals surface area contributed by atoms with Gasteiger partial charge in [0.15, 0.2) is 6.61 Å². The Bertz CT molecular complexity index is 1700. The molecule has 4 rings (SSSR count). The van der Waals surface area contributed by atoms with Gasteiger partial charge in [-0.05, 0) is 84.8 Å². The Morgan fingerprint density at radius 2 is 1.64 bits per heavy atom. The van der Waals surface area contributed by atoms with Crippen LogP contribution in [0.15, 0.2) is 107 Å². The Labute approximate surface area is 253 Å². The van der Waals surface area contributed by atoms with Crippen LogP contribution in [-0.2, 0) is 19.6 Å². The number of ether oxygens (including phenoxy) is 1. The second-order valence-corrected chi connectivity index (χ2v) is 11.7. The van der Waals surface area contributed by atoms with Crippen LogP contribution in [0, 0.1) is 6.92 Å². The third kappa shape index (κ3) is 8.32. The summed E-state index contributed by atoms with van der Waals surface area (Å²) in [5.74, 6) is -0.550. The summed E-state index contributed by atoms with van der Waals surface area (Å²) in [7, 11) is -4.08. The molecule has 12 heteroatoms. The summed E-state index contributed by atoms with van der Waals surface area (Å²) in [5, 5.41) is 7.51. The summed E-state index contributed by atoms with van der Waals surface area (Å²) in [6.07, 6.45) is 1.40. The molecule has 0 unspecified atom stereocenters. The molecule has 9 nitrogen and oxygen atoms in total. The lowest BCUT2D eigenvalue weighted by molar-refractivity contribution is -0.119. The molecule has 0 radical (unpaired) electrons. The SMILES string of the molecule is Cc1ccc(N(CC(=O)N/N=C\c2ccc(OCC(=O)Nc3cccc(Cl)c3)cc2)S(=O)(=O)c2ccccc2)cc1Cl. The van der Waals surface area contributed by atoms with Gasteiger partial charge >= 0.3 is 0 Å². The number of halogens is 2. The largest absolute Gasteiger partial charge is 0.484 e.